The predicted molar refractivity (Wildman–Crippen MR) is 71.0 cm³/mol. The summed E-state index contributed by atoms with van der Waals surface area (Å²) in [6, 6.07) is 10.0. The van der Waals surface area contributed by atoms with Gasteiger partial charge in [0.1, 0.15) is 0 Å². The van der Waals surface area contributed by atoms with Crippen molar-refractivity contribution in [2.45, 2.75) is 0 Å². The van der Waals surface area contributed by atoms with E-state index in [1.165, 1.54) is 5.39 Å². The van der Waals surface area contributed by atoms with Gasteiger partial charge in [-0.05, 0) is 44.9 Å². The summed E-state index contributed by atoms with van der Waals surface area (Å²) in [6.45, 7) is 0. The van der Waals surface area contributed by atoms with Gasteiger partial charge >= 0.3 is 0 Å². The molecular formula is C10H8Br2ClN. The summed E-state index contributed by atoms with van der Waals surface area (Å²) in [4.78, 5) is 0. The quantitative estimate of drug-likeness (QED) is 0.710. The molecule has 0 amide bonds. The number of rotatable bonds is 0. The highest BCUT2D eigenvalue weighted by Crippen LogP contribution is 2.30. The Bertz CT molecular complexity index is 471. The molecule has 1 nitrogen and oxygen atoms in total. The third-order valence-corrected chi connectivity index (χ3v) is 3.32. The molecule has 14 heavy (non-hydrogen) atoms. The molecule has 0 bridgehead atoms. The highest BCUT2D eigenvalue weighted by atomic mass is 79.9. The lowest BCUT2D eigenvalue weighted by Gasteiger charge is -2.03. The highest BCUT2D eigenvalue weighted by Gasteiger charge is 2.01. The van der Waals surface area contributed by atoms with Gasteiger partial charge in [0.15, 0.2) is 0 Å². The summed E-state index contributed by atoms with van der Waals surface area (Å²) in [7, 11) is 0. The Labute approximate surface area is 105 Å². The van der Waals surface area contributed by atoms with E-state index in [4.69, 9.17) is 5.73 Å². The first-order valence-corrected chi connectivity index (χ1v) is 5.40. The number of benzene rings is 2. The van der Waals surface area contributed by atoms with Gasteiger partial charge in [0.25, 0.3) is 0 Å². The van der Waals surface area contributed by atoms with E-state index in [9.17, 15) is 0 Å². The van der Waals surface area contributed by atoms with Gasteiger partial charge in [0, 0.05) is 14.6 Å². The van der Waals surface area contributed by atoms with Gasteiger partial charge in [-0.3, -0.25) is 0 Å². The number of nitrogens with two attached hydrogens (primary N) is 1. The van der Waals surface area contributed by atoms with Crippen LogP contribution in [0.4, 0.5) is 5.69 Å². The first-order chi connectivity index (χ1) is 6.18. The molecular weight excluding hydrogens is 329 g/mol. The lowest BCUT2D eigenvalue weighted by molar-refractivity contribution is 1.66. The molecule has 0 atom stereocenters. The fourth-order valence-electron chi connectivity index (χ4n) is 1.28. The molecule has 0 aromatic heterocycles. The second-order valence-corrected chi connectivity index (χ2v) is 4.54. The number of hydrogen-bond acceptors (Lipinski definition) is 1. The fraction of sp³-hybridized carbons (Fsp3) is 0. The maximum atomic E-state index is 5.77. The van der Waals surface area contributed by atoms with Crippen LogP contribution in [0.5, 0.6) is 0 Å². The normalized spacial score (nSPS) is 9.86. The topological polar surface area (TPSA) is 26.0 Å². The van der Waals surface area contributed by atoms with E-state index >= 15 is 0 Å². The Morgan fingerprint density at radius 2 is 1.71 bits per heavy atom. The minimum Gasteiger partial charge on any atom is -0.398 e. The summed E-state index contributed by atoms with van der Waals surface area (Å²) in [5.74, 6) is 0. The first kappa shape index (κ1) is 11.8. The average molecular weight is 337 g/mol. The fourth-order valence-corrected chi connectivity index (χ4v) is 2.15. The lowest BCUT2D eigenvalue weighted by atomic mass is 10.1. The summed E-state index contributed by atoms with van der Waals surface area (Å²) in [5, 5.41) is 2.32. The van der Waals surface area contributed by atoms with Crippen LogP contribution in [-0.2, 0) is 0 Å². The molecule has 0 aliphatic rings. The minimum absolute atomic E-state index is 0. The summed E-state index contributed by atoms with van der Waals surface area (Å²) < 4.78 is 2.05. The van der Waals surface area contributed by atoms with Gasteiger partial charge < -0.3 is 5.73 Å². The number of fused-ring (bicyclic) bond motifs is 1. The van der Waals surface area contributed by atoms with Crippen LogP contribution in [0.3, 0.4) is 0 Å². The zero-order chi connectivity index (χ0) is 9.42. The molecule has 2 aromatic carbocycles. The van der Waals surface area contributed by atoms with Gasteiger partial charge in [-0.15, -0.1) is 12.4 Å². The van der Waals surface area contributed by atoms with E-state index in [0.29, 0.717) is 0 Å². The van der Waals surface area contributed by atoms with Crippen molar-refractivity contribution in [3.63, 3.8) is 0 Å². The van der Waals surface area contributed by atoms with Crippen molar-refractivity contribution in [3.8, 4) is 0 Å². The standard InChI is InChI=1S/C10H7Br2N.ClH/c11-7-2-3-8-6(5-7)1-4-9(13)10(8)12;/h1-5H,13H2;1H. The van der Waals surface area contributed by atoms with Crippen molar-refractivity contribution >= 4 is 60.7 Å². The van der Waals surface area contributed by atoms with E-state index in [1.54, 1.807) is 0 Å². The molecule has 0 unspecified atom stereocenters. The van der Waals surface area contributed by atoms with Crippen molar-refractivity contribution in [3.05, 3.63) is 39.3 Å². The minimum atomic E-state index is 0. The predicted octanol–water partition coefficient (Wildman–Crippen LogP) is 4.37. The van der Waals surface area contributed by atoms with E-state index in [0.717, 1.165) is 20.0 Å². The molecule has 2 aromatic rings. The van der Waals surface area contributed by atoms with Crippen LogP contribution >= 0.6 is 44.3 Å². The van der Waals surface area contributed by atoms with Crippen LogP contribution in [0.25, 0.3) is 10.8 Å². The average Bonchev–Trinajstić information content (AvgIpc) is 2.12. The number of halogens is 3. The van der Waals surface area contributed by atoms with Crippen molar-refractivity contribution in [1.82, 2.24) is 0 Å². The van der Waals surface area contributed by atoms with Crippen molar-refractivity contribution in [2.24, 2.45) is 0 Å². The maximum absolute atomic E-state index is 5.77. The van der Waals surface area contributed by atoms with Crippen molar-refractivity contribution in [1.29, 1.82) is 0 Å². The molecule has 0 aliphatic heterocycles. The van der Waals surface area contributed by atoms with E-state index in [2.05, 4.69) is 37.9 Å². The largest absolute Gasteiger partial charge is 0.398 e. The molecule has 0 heterocycles. The van der Waals surface area contributed by atoms with E-state index in [-0.39, 0.29) is 12.4 Å². The molecule has 0 aliphatic carbocycles. The summed E-state index contributed by atoms with van der Waals surface area (Å²) in [5.41, 5.74) is 6.54. The number of anilines is 1. The summed E-state index contributed by atoms with van der Waals surface area (Å²) in [6.07, 6.45) is 0. The molecule has 0 fully saturated rings. The zero-order valence-corrected chi connectivity index (χ0v) is 11.1. The third kappa shape index (κ3) is 2.05. The molecule has 2 N–H and O–H groups in total. The third-order valence-electron chi connectivity index (χ3n) is 1.95. The maximum Gasteiger partial charge on any atom is 0.0483 e. The van der Waals surface area contributed by atoms with Crippen LogP contribution in [0.2, 0.25) is 0 Å². The molecule has 2 rings (SSSR count). The van der Waals surface area contributed by atoms with Crippen molar-refractivity contribution < 1.29 is 0 Å². The smallest absolute Gasteiger partial charge is 0.0483 e. The molecule has 0 radical (unpaired) electrons. The second-order valence-electron chi connectivity index (χ2n) is 2.83. The van der Waals surface area contributed by atoms with Gasteiger partial charge in [0.2, 0.25) is 0 Å². The highest BCUT2D eigenvalue weighted by molar-refractivity contribution is 9.11. The van der Waals surface area contributed by atoms with Crippen LogP contribution in [0.15, 0.2) is 39.3 Å². The Balaban J connectivity index is 0.000000980. The van der Waals surface area contributed by atoms with E-state index < -0.39 is 0 Å². The number of nitrogen functional groups attached to an aromatic ring is 1. The number of hydrogen-bond donors (Lipinski definition) is 1. The van der Waals surface area contributed by atoms with Gasteiger partial charge in [-0.1, -0.05) is 28.1 Å². The monoisotopic (exact) mass is 335 g/mol. The van der Waals surface area contributed by atoms with Crippen LogP contribution < -0.4 is 5.73 Å². The van der Waals surface area contributed by atoms with Gasteiger partial charge in [-0.2, -0.15) is 0 Å². The Kier molecular flexibility index (Phi) is 3.81. The van der Waals surface area contributed by atoms with Crippen LogP contribution in [0.1, 0.15) is 0 Å². The SMILES string of the molecule is Cl.Nc1ccc2cc(Br)ccc2c1Br. The molecule has 0 saturated heterocycles. The Morgan fingerprint density at radius 3 is 2.43 bits per heavy atom. The first-order valence-electron chi connectivity index (χ1n) is 3.82. The molecule has 0 spiro atoms. The molecule has 4 heteroatoms. The van der Waals surface area contributed by atoms with Gasteiger partial charge in [-0.25, -0.2) is 0 Å². The van der Waals surface area contributed by atoms with Gasteiger partial charge in [0.05, 0.1) is 0 Å². The Morgan fingerprint density at radius 1 is 1.00 bits per heavy atom. The molecule has 74 valence electrons. The summed E-state index contributed by atoms with van der Waals surface area (Å²) >= 11 is 6.89. The van der Waals surface area contributed by atoms with Crippen molar-refractivity contribution in [2.75, 3.05) is 5.73 Å². The second kappa shape index (κ2) is 4.51. The van der Waals surface area contributed by atoms with Crippen LogP contribution in [-0.4, -0.2) is 0 Å². The zero-order valence-electron chi connectivity index (χ0n) is 7.13. The van der Waals surface area contributed by atoms with Crippen LogP contribution in [0, 0.1) is 0 Å². The Hall–Kier alpha value is -0.250. The molecule has 0 saturated carbocycles. The lowest BCUT2D eigenvalue weighted by Crippen LogP contribution is -1.86. The van der Waals surface area contributed by atoms with E-state index in [1.807, 2.05) is 24.3 Å².